The van der Waals surface area contributed by atoms with E-state index in [1.165, 1.54) is 51.4 Å². The number of hydrogen-bond acceptors (Lipinski definition) is 8. The maximum absolute atomic E-state index is 12.8. The highest BCUT2D eigenvalue weighted by Crippen LogP contribution is 2.13. The Labute approximate surface area is 355 Å². The number of allylic oxidation sites excluding steroid dienone is 10. The fraction of sp³-hybridized carbons (Fsp3) is 0.735. The van der Waals surface area contributed by atoms with Crippen LogP contribution in [0.3, 0.4) is 0 Å². The van der Waals surface area contributed by atoms with Crippen molar-refractivity contribution in [1.82, 2.24) is 0 Å². The van der Waals surface area contributed by atoms with Gasteiger partial charge in [-0.1, -0.05) is 145 Å². The van der Waals surface area contributed by atoms with Crippen molar-refractivity contribution in [3.8, 4) is 0 Å². The van der Waals surface area contributed by atoms with E-state index in [1.807, 2.05) is 21.1 Å². The zero-order chi connectivity index (χ0) is 42.8. The summed E-state index contributed by atoms with van der Waals surface area (Å²) >= 11 is 0. The lowest BCUT2D eigenvalue weighted by molar-refractivity contribution is -0.870. The average molecular weight is 816 g/mol. The molecule has 0 saturated carbocycles. The van der Waals surface area contributed by atoms with E-state index in [0.29, 0.717) is 17.4 Å². The Morgan fingerprint density at radius 2 is 0.983 bits per heavy atom. The molecule has 0 rings (SSSR count). The lowest BCUT2D eigenvalue weighted by Gasteiger charge is -2.26. The molecule has 0 aromatic carbocycles. The summed E-state index contributed by atoms with van der Waals surface area (Å²) in [4.78, 5) is 37.0. The Morgan fingerprint density at radius 3 is 1.47 bits per heavy atom. The molecule has 58 heavy (non-hydrogen) atoms. The number of carbonyl (C=O) groups excluding carboxylic acids is 3. The molecule has 0 radical (unpaired) electrons. The molecule has 9 heteroatoms. The van der Waals surface area contributed by atoms with Crippen molar-refractivity contribution in [2.24, 2.45) is 0 Å². The van der Waals surface area contributed by atoms with Crippen LogP contribution < -0.4 is 5.11 Å². The topological polar surface area (TPSA) is 111 Å². The predicted molar refractivity (Wildman–Crippen MR) is 237 cm³/mol. The van der Waals surface area contributed by atoms with Gasteiger partial charge in [0, 0.05) is 12.8 Å². The normalized spacial score (nSPS) is 13.5. The maximum atomic E-state index is 12.8. The lowest BCUT2D eigenvalue weighted by atomic mass is 10.1. The van der Waals surface area contributed by atoms with E-state index in [9.17, 15) is 19.5 Å². The van der Waals surface area contributed by atoms with Gasteiger partial charge >= 0.3 is 11.9 Å². The molecule has 0 amide bonds. The van der Waals surface area contributed by atoms with Crippen LogP contribution in [0.5, 0.6) is 0 Å². The van der Waals surface area contributed by atoms with Crippen molar-refractivity contribution in [2.75, 3.05) is 47.5 Å². The number of likely N-dealkylation sites (N-methyl/N-ethyl adjacent to an activating group) is 1. The van der Waals surface area contributed by atoms with Crippen LogP contribution in [0.1, 0.15) is 174 Å². The van der Waals surface area contributed by atoms with Gasteiger partial charge in [-0.2, -0.15) is 0 Å². The van der Waals surface area contributed by atoms with Crippen molar-refractivity contribution < 1.29 is 42.9 Å². The van der Waals surface area contributed by atoms with Crippen LogP contribution in [0.4, 0.5) is 0 Å². The molecular weight excluding hydrogens is 731 g/mol. The minimum atomic E-state index is -1.63. The van der Waals surface area contributed by atoms with Crippen LogP contribution in [-0.2, 0) is 33.3 Å². The molecule has 0 aliphatic rings. The quantitative estimate of drug-likeness (QED) is 0.0197. The number of carboxylic acid groups (broad SMARTS) is 1. The van der Waals surface area contributed by atoms with Crippen molar-refractivity contribution in [2.45, 2.75) is 187 Å². The van der Waals surface area contributed by atoms with Crippen molar-refractivity contribution >= 4 is 17.9 Å². The molecule has 0 aromatic heterocycles. The van der Waals surface area contributed by atoms with Crippen LogP contribution in [0.25, 0.3) is 0 Å². The first-order valence-electron chi connectivity index (χ1n) is 22.9. The molecule has 0 aliphatic carbocycles. The third-order valence-corrected chi connectivity index (χ3v) is 9.50. The zero-order valence-corrected chi connectivity index (χ0v) is 37.6. The van der Waals surface area contributed by atoms with Gasteiger partial charge in [0.05, 0.1) is 40.3 Å². The summed E-state index contributed by atoms with van der Waals surface area (Å²) in [6.07, 6.45) is 45.3. The molecule has 0 N–H and O–H groups in total. The fourth-order valence-electron chi connectivity index (χ4n) is 5.93. The highest BCUT2D eigenvalue weighted by Gasteiger charge is 2.21. The minimum absolute atomic E-state index is 0.141. The largest absolute Gasteiger partial charge is 0.545 e. The fourth-order valence-corrected chi connectivity index (χ4v) is 5.93. The maximum Gasteiger partial charge on any atom is 0.306 e. The minimum Gasteiger partial charge on any atom is -0.545 e. The number of carbonyl (C=O) groups is 3. The van der Waals surface area contributed by atoms with Crippen LogP contribution in [-0.4, -0.2) is 82.3 Å². The first kappa shape index (κ1) is 55.0. The second-order valence-corrected chi connectivity index (χ2v) is 16.3. The van der Waals surface area contributed by atoms with Gasteiger partial charge in [-0.3, -0.25) is 9.59 Å². The highest BCUT2D eigenvalue weighted by atomic mass is 16.7. The van der Waals surface area contributed by atoms with E-state index in [1.54, 1.807) is 0 Å². The third-order valence-electron chi connectivity index (χ3n) is 9.50. The Balaban J connectivity index is 4.47. The lowest BCUT2D eigenvalue weighted by Crippen LogP contribution is -2.44. The van der Waals surface area contributed by atoms with Gasteiger partial charge in [0.1, 0.15) is 13.2 Å². The van der Waals surface area contributed by atoms with Gasteiger partial charge in [0.25, 0.3) is 0 Å². The highest BCUT2D eigenvalue weighted by molar-refractivity contribution is 5.70. The van der Waals surface area contributed by atoms with E-state index in [-0.39, 0.29) is 38.6 Å². The number of ether oxygens (including phenoxy) is 4. The SMILES string of the molecule is CC/C=C\C/C=C\C/C=C\CCCCCCCCCC(=O)OC(COC(=O)CCCCCCC/C=C\C/C=C\CCCCCC)COC(OCC[N+](C)(C)C)C(=O)[O-]. The van der Waals surface area contributed by atoms with Gasteiger partial charge in [0.15, 0.2) is 12.4 Å². The molecule has 334 valence electrons. The summed E-state index contributed by atoms with van der Waals surface area (Å²) in [6, 6.07) is 0. The van der Waals surface area contributed by atoms with Crippen molar-refractivity contribution in [1.29, 1.82) is 0 Å². The number of esters is 2. The number of carboxylic acids is 1. The second kappa shape index (κ2) is 40.8. The molecule has 0 heterocycles. The molecule has 0 spiro atoms. The number of rotatable bonds is 41. The summed E-state index contributed by atoms with van der Waals surface area (Å²) in [5, 5.41) is 11.7. The molecule has 0 saturated heterocycles. The Kier molecular flexibility index (Phi) is 38.6. The predicted octanol–water partition coefficient (Wildman–Crippen LogP) is 10.8. The van der Waals surface area contributed by atoms with Gasteiger partial charge < -0.3 is 33.3 Å². The van der Waals surface area contributed by atoms with Crippen LogP contribution in [0, 0.1) is 0 Å². The molecular formula is C49H85NO8. The molecule has 2 atom stereocenters. The van der Waals surface area contributed by atoms with Gasteiger partial charge in [-0.05, 0) is 77.0 Å². The number of hydrogen-bond donors (Lipinski definition) is 0. The summed E-state index contributed by atoms with van der Waals surface area (Å²) < 4.78 is 22.5. The van der Waals surface area contributed by atoms with E-state index in [4.69, 9.17) is 18.9 Å². The molecule has 9 nitrogen and oxygen atoms in total. The van der Waals surface area contributed by atoms with Crippen molar-refractivity contribution in [3.63, 3.8) is 0 Å². The Morgan fingerprint density at radius 1 is 0.534 bits per heavy atom. The van der Waals surface area contributed by atoms with Gasteiger partial charge in [0.2, 0.25) is 0 Å². The standard InChI is InChI=1S/C49H85NO8/c1-6-8-10-12-14-16-18-20-22-24-26-28-30-32-34-36-38-40-47(52)58-45(44-57-49(48(53)54)55-42-41-50(3,4)5)43-56-46(51)39-37-35-33-31-29-27-25-23-21-19-17-15-13-11-9-7-2/h8,10,14,16-17,19-20,22-23,25,45,49H,6-7,9,11-13,15,18,21,24,26-44H2,1-5H3/b10-8-,16-14-,19-17-,22-20-,25-23-. The van der Waals surface area contributed by atoms with E-state index in [2.05, 4.69) is 74.6 Å². The van der Waals surface area contributed by atoms with Crippen LogP contribution in [0.2, 0.25) is 0 Å². The molecule has 0 fully saturated rings. The first-order valence-corrected chi connectivity index (χ1v) is 22.9. The summed E-state index contributed by atoms with van der Waals surface area (Å²) in [6.45, 7) is 4.57. The second-order valence-electron chi connectivity index (χ2n) is 16.3. The van der Waals surface area contributed by atoms with E-state index >= 15 is 0 Å². The molecule has 2 unspecified atom stereocenters. The van der Waals surface area contributed by atoms with E-state index < -0.39 is 24.3 Å². The van der Waals surface area contributed by atoms with Gasteiger partial charge in [-0.25, -0.2) is 0 Å². The number of unbranched alkanes of at least 4 members (excludes halogenated alkanes) is 16. The first-order chi connectivity index (χ1) is 28.1. The Bertz CT molecular complexity index is 1140. The smallest absolute Gasteiger partial charge is 0.306 e. The molecule has 0 aromatic rings. The number of quaternary nitrogens is 1. The third kappa shape index (κ3) is 41.2. The number of nitrogens with zero attached hydrogens (tertiary/aromatic N) is 1. The van der Waals surface area contributed by atoms with E-state index in [0.717, 1.165) is 89.9 Å². The summed E-state index contributed by atoms with van der Waals surface area (Å²) in [5.41, 5.74) is 0. The van der Waals surface area contributed by atoms with Crippen LogP contribution in [0.15, 0.2) is 60.8 Å². The zero-order valence-electron chi connectivity index (χ0n) is 37.6. The average Bonchev–Trinajstić information content (AvgIpc) is 3.18. The van der Waals surface area contributed by atoms with Crippen LogP contribution >= 0.6 is 0 Å². The Hall–Kier alpha value is -3.01. The molecule has 0 bridgehead atoms. The summed E-state index contributed by atoms with van der Waals surface area (Å²) in [5.74, 6) is -2.32. The monoisotopic (exact) mass is 816 g/mol. The number of aliphatic carboxylic acids is 1. The van der Waals surface area contributed by atoms with Gasteiger partial charge in [-0.15, -0.1) is 0 Å². The molecule has 0 aliphatic heterocycles. The van der Waals surface area contributed by atoms with Crippen molar-refractivity contribution in [3.05, 3.63) is 60.8 Å². The summed E-state index contributed by atoms with van der Waals surface area (Å²) in [7, 11) is 5.89.